The number of hydrogen-bond donors (Lipinski definition) is 0. The van der Waals surface area contributed by atoms with Gasteiger partial charge in [-0.05, 0) is 29.8 Å². The number of carbonyl (C=O) groups excluding carboxylic acids is 2. The van der Waals surface area contributed by atoms with Gasteiger partial charge in [-0.15, -0.1) is 6.58 Å². The van der Waals surface area contributed by atoms with Crippen molar-refractivity contribution < 1.29 is 23.8 Å². The van der Waals surface area contributed by atoms with Crippen molar-refractivity contribution in [1.82, 2.24) is 0 Å². The minimum atomic E-state index is -1.59. The number of aliphatic imine (C=N–C) groups is 1. The predicted molar refractivity (Wildman–Crippen MR) is 84.6 cm³/mol. The first-order chi connectivity index (χ1) is 11.0. The van der Waals surface area contributed by atoms with E-state index in [0.717, 1.165) is 0 Å². The molecule has 0 radical (unpaired) electrons. The Labute approximate surface area is 134 Å². The van der Waals surface area contributed by atoms with Gasteiger partial charge in [0, 0.05) is 6.42 Å². The van der Waals surface area contributed by atoms with E-state index in [1.54, 1.807) is 37.5 Å². The summed E-state index contributed by atoms with van der Waals surface area (Å²) < 4.78 is 14.9. The highest BCUT2D eigenvalue weighted by atomic mass is 16.5. The number of esters is 2. The first kappa shape index (κ1) is 16.7. The van der Waals surface area contributed by atoms with E-state index in [1.807, 2.05) is 0 Å². The highest BCUT2D eigenvalue weighted by molar-refractivity contribution is 6.28. The molecule has 1 aliphatic heterocycles. The van der Waals surface area contributed by atoms with E-state index < -0.39 is 17.4 Å². The van der Waals surface area contributed by atoms with Gasteiger partial charge in [0.15, 0.2) is 0 Å². The molecule has 2 rings (SSSR count). The second-order valence-electron chi connectivity index (χ2n) is 5.10. The normalized spacial score (nSPS) is 18.7. The number of rotatable bonds is 5. The van der Waals surface area contributed by atoms with Crippen molar-refractivity contribution in [2.45, 2.75) is 12.5 Å². The molecule has 1 aromatic carbocycles. The van der Waals surface area contributed by atoms with Gasteiger partial charge < -0.3 is 14.2 Å². The van der Waals surface area contributed by atoms with Crippen LogP contribution in [0.25, 0.3) is 0 Å². The lowest BCUT2D eigenvalue weighted by Gasteiger charge is -2.25. The van der Waals surface area contributed by atoms with Gasteiger partial charge in [0.05, 0.1) is 33.1 Å². The van der Waals surface area contributed by atoms with Crippen LogP contribution in [0.2, 0.25) is 0 Å². The van der Waals surface area contributed by atoms with Gasteiger partial charge in [-0.1, -0.05) is 6.08 Å². The molecule has 0 aliphatic carbocycles. The molecule has 0 saturated heterocycles. The van der Waals surface area contributed by atoms with Gasteiger partial charge in [-0.3, -0.25) is 14.6 Å². The van der Waals surface area contributed by atoms with Crippen LogP contribution in [-0.2, 0) is 19.1 Å². The third-order valence-electron chi connectivity index (χ3n) is 3.92. The maximum atomic E-state index is 12.4. The minimum Gasteiger partial charge on any atom is -0.497 e. The molecular weight excluding hydrogens is 298 g/mol. The summed E-state index contributed by atoms with van der Waals surface area (Å²) in [6.45, 7) is 3.70. The maximum Gasteiger partial charge on any atom is 0.329 e. The summed E-state index contributed by atoms with van der Waals surface area (Å²) in [5.41, 5.74) is -0.633. The summed E-state index contributed by atoms with van der Waals surface area (Å²) in [4.78, 5) is 29.4. The maximum absolute atomic E-state index is 12.4. The van der Waals surface area contributed by atoms with Crippen LogP contribution >= 0.6 is 0 Å². The molecule has 6 nitrogen and oxygen atoms in total. The van der Waals surface area contributed by atoms with Crippen molar-refractivity contribution in [3.05, 3.63) is 42.5 Å². The second kappa shape index (κ2) is 6.64. The van der Waals surface area contributed by atoms with Gasteiger partial charge in [0.1, 0.15) is 5.75 Å². The third-order valence-corrected chi connectivity index (χ3v) is 3.92. The van der Waals surface area contributed by atoms with Crippen LogP contribution in [0, 0.1) is 5.41 Å². The average Bonchev–Trinajstić information content (AvgIpc) is 3.01. The Hall–Kier alpha value is -2.63. The van der Waals surface area contributed by atoms with Crippen LogP contribution < -0.4 is 4.74 Å². The molecule has 1 aliphatic rings. The minimum absolute atomic E-state index is 0.136. The number of benzene rings is 1. The van der Waals surface area contributed by atoms with Gasteiger partial charge >= 0.3 is 11.9 Å². The van der Waals surface area contributed by atoms with Gasteiger partial charge in [-0.2, -0.15) is 0 Å². The van der Waals surface area contributed by atoms with Crippen LogP contribution in [0.5, 0.6) is 5.75 Å². The van der Waals surface area contributed by atoms with E-state index >= 15 is 0 Å². The molecule has 122 valence electrons. The van der Waals surface area contributed by atoms with E-state index in [4.69, 9.17) is 14.2 Å². The monoisotopic (exact) mass is 317 g/mol. The van der Waals surface area contributed by atoms with E-state index in [0.29, 0.717) is 17.0 Å². The Morgan fingerprint density at radius 1 is 1.17 bits per heavy atom. The molecule has 6 heteroatoms. The van der Waals surface area contributed by atoms with Crippen molar-refractivity contribution in [3.63, 3.8) is 0 Å². The zero-order valence-electron chi connectivity index (χ0n) is 13.4. The standard InChI is InChI=1S/C17H19NO5/c1-5-12-10-17(15(19)22-3,16(20)23-4)14(18-12)11-6-8-13(21-2)9-7-11/h5-9,12H,1,10H2,2-4H3. The highest BCUT2D eigenvalue weighted by Gasteiger charge is 2.57. The summed E-state index contributed by atoms with van der Waals surface area (Å²) in [6.07, 6.45) is 1.73. The Morgan fingerprint density at radius 2 is 1.74 bits per heavy atom. The van der Waals surface area contributed by atoms with Crippen LogP contribution in [-0.4, -0.2) is 45.0 Å². The summed E-state index contributed by atoms with van der Waals surface area (Å²) in [6, 6.07) is 6.58. The number of carbonyl (C=O) groups is 2. The van der Waals surface area contributed by atoms with Crippen LogP contribution in [0.3, 0.4) is 0 Å². The number of nitrogens with zero attached hydrogens (tertiary/aromatic N) is 1. The zero-order chi connectivity index (χ0) is 17.0. The Morgan fingerprint density at radius 3 is 2.17 bits per heavy atom. The predicted octanol–water partition coefficient (Wildman–Crippen LogP) is 1.77. The van der Waals surface area contributed by atoms with E-state index in [-0.39, 0.29) is 12.5 Å². The molecule has 0 N–H and O–H groups in total. The average molecular weight is 317 g/mol. The molecule has 0 bridgehead atoms. The molecular formula is C17H19NO5. The number of methoxy groups -OCH3 is 3. The molecule has 1 heterocycles. The molecule has 0 amide bonds. The zero-order valence-corrected chi connectivity index (χ0v) is 13.4. The van der Waals surface area contributed by atoms with Crippen molar-refractivity contribution in [1.29, 1.82) is 0 Å². The smallest absolute Gasteiger partial charge is 0.329 e. The molecule has 0 fully saturated rings. The lowest BCUT2D eigenvalue weighted by Crippen LogP contribution is -2.46. The van der Waals surface area contributed by atoms with Gasteiger partial charge in [0.2, 0.25) is 5.41 Å². The van der Waals surface area contributed by atoms with Crippen LogP contribution in [0.15, 0.2) is 41.9 Å². The van der Waals surface area contributed by atoms with Gasteiger partial charge in [0.25, 0.3) is 0 Å². The Balaban J connectivity index is 2.59. The number of ether oxygens (including phenoxy) is 3. The summed E-state index contributed by atoms with van der Waals surface area (Å²) in [5, 5.41) is 0. The molecule has 1 aromatic rings. The molecule has 23 heavy (non-hydrogen) atoms. The first-order valence-electron chi connectivity index (χ1n) is 7.05. The van der Waals surface area contributed by atoms with Crippen molar-refractivity contribution in [3.8, 4) is 5.75 Å². The lowest BCUT2D eigenvalue weighted by atomic mass is 9.77. The summed E-state index contributed by atoms with van der Waals surface area (Å²) in [7, 11) is 4.03. The fourth-order valence-electron chi connectivity index (χ4n) is 2.73. The van der Waals surface area contributed by atoms with Crippen molar-refractivity contribution >= 4 is 17.7 Å². The topological polar surface area (TPSA) is 74.2 Å². The second-order valence-corrected chi connectivity index (χ2v) is 5.10. The molecule has 1 atom stereocenters. The lowest BCUT2D eigenvalue weighted by molar-refractivity contribution is -0.163. The molecule has 1 unspecified atom stereocenters. The SMILES string of the molecule is C=CC1CC(C(=O)OC)(C(=O)OC)C(c2ccc(OC)cc2)=N1. The van der Waals surface area contributed by atoms with Crippen molar-refractivity contribution in [2.24, 2.45) is 10.4 Å². The highest BCUT2D eigenvalue weighted by Crippen LogP contribution is 2.39. The Bertz CT molecular complexity index is 631. The summed E-state index contributed by atoms with van der Waals surface area (Å²) in [5.74, 6) is -0.721. The number of hydrogen-bond acceptors (Lipinski definition) is 6. The van der Waals surface area contributed by atoms with E-state index in [2.05, 4.69) is 11.6 Å². The third kappa shape index (κ3) is 2.72. The van der Waals surface area contributed by atoms with Crippen LogP contribution in [0.4, 0.5) is 0 Å². The molecule has 0 saturated carbocycles. The summed E-state index contributed by atoms with van der Waals surface area (Å²) >= 11 is 0. The fraction of sp³-hybridized carbons (Fsp3) is 0.353. The first-order valence-corrected chi connectivity index (χ1v) is 7.05. The molecule has 0 aromatic heterocycles. The van der Waals surface area contributed by atoms with E-state index in [9.17, 15) is 9.59 Å². The van der Waals surface area contributed by atoms with Crippen LogP contribution in [0.1, 0.15) is 12.0 Å². The van der Waals surface area contributed by atoms with Crippen molar-refractivity contribution in [2.75, 3.05) is 21.3 Å². The Kier molecular flexibility index (Phi) is 4.83. The van der Waals surface area contributed by atoms with Gasteiger partial charge in [-0.25, -0.2) is 0 Å². The molecule has 0 spiro atoms. The quantitative estimate of drug-likeness (QED) is 0.470. The van der Waals surface area contributed by atoms with E-state index in [1.165, 1.54) is 14.2 Å². The largest absolute Gasteiger partial charge is 0.497 e. The fourth-order valence-corrected chi connectivity index (χ4v) is 2.73.